The zero-order valence-corrected chi connectivity index (χ0v) is 10.6. The molecule has 18 heavy (non-hydrogen) atoms. The summed E-state index contributed by atoms with van der Waals surface area (Å²) in [5, 5.41) is 8.37. The highest BCUT2D eigenvalue weighted by Crippen LogP contribution is 2.21. The van der Waals surface area contributed by atoms with Gasteiger partial charge in [-0.15, -0.1) is 0 Å². The minimum atomic E-state index is -1.19. The van der Waals surface area contributed by atoms with E-state index in [2.05, 4.69) is 4.84 Å². The third-order valence-corrected chi connectivity index (χ3v) is 2.80. The summed E-state index contributed by atoms with van der Waals surface area (Å²) in [5.74, 6) is -1.37. The predicted octanol–water partition coefficient (Wildman–Crippen LogP) is -0.735. The van der Waals surface area contributed by atoms with Crippen molar-refractivity contribution in [2.75, 3.05) is 26.7 Å². The highest BCUT2D eigenvalue weighted by Gasteiger charge is 2.43. The van der Waals surface area contributed by atoms with E-state index >= 15 is 0 Å². The number of carboxylic acids is 1. The van der Waals surface area contributed by atoms with Crippen LogP contribution in [0, 0.1) is 0 Å². The van der Waals surface area contributed by atoms with Crippen LogP contribution in [0.5, 0.6) is 0 Å². The Balaban J connectivity index is 2.62. The van der Waals surface area contributed by atoms with Gasteiger partial charge in [0.1, 0.15) is 5.54 Å². The molecule has 102 valence electrons. The number of carboxylic acid groups (broad SMARTS) is 1. The molecule has 1 aliphatic heterocycles. The molecule has 0 radical (unpaired) electrons. The van der Waals surface area contributed by atoms with Crippen LogP contribution in [0.1, 0.15) is 13.8 Å². The molecule has 0 aliphatic carbocycles. The van der Waals surface area contributed by atoms with E-state index in [1.54, 1.807) is 25.8 Å². The highest BCUT2D eigenvalue weighted by molar-refractivity contribution is 5.91. The summed E-state index contributed by atoms with van der Waals surface area (Å²) in [7, 11) is 1.67. The van der Waals surface area contributed by atoms with Crippen LogP contribution in [0.4, 0.5) is 4.79 Å². The summed E-state index contributed by atoms with van der Waals surface area (Å²) < 4.78 is 0. The van der Waals surface area contributed by atoms with Gasteiger partial charge < -0.3 is 14.9 Å². The summed E-state index contributed by atoms with van der Waals surface area (Å²) in [6.45, 7) is 3.41. The highest BCUT2D eigenvalue weighted by atomic mass is 16.7. The SMILES string of the molecule is CN1CCN(C(=O)NOCC(=O)O)C(C)(C)C1=O. The maximum atomic E-state index is 11.9. The molecule has 1 fully saturated rings. The minimum Gasteiger partial charge on any atom is -0.479 e. The van der Waals surface area contributed by atoms with Crippen molar-refractivity contribution in [1.29, 1.82) is 0 Å². The molecule has 0 unspecified atom stereocenters. The number of piperazine rings is 1. The van der Waals surface area contributed by atoms with Crippen molar-refractivity contribution in [1.82, 2.24) is 15.3 Å². The smallest absolute Gasteiger partial charge is 0.342 e. The van der Waals surface area contributed by atoms with Crippen molar-refractivity contribution in [3.8, 4) is 0 Å². The molecular formula is C10H17N3O5. The van der Waals surface area contributed by atoms with Crippen LogP contribution in [0.25, 0.3) is 0 Å². The number of hydrogen-bond acceptors (Lipinski definition) is 4. The van der Waals surface area contributed by atoms with Gasteiger partial charge in [-0.2, -0.15) is 0 Å². The molecule has 0 aromatic rings. The zero-order chi connectivity index (χ0) is 13.9. The summed E-state index contributed by atoms with van der Waals surface area (Å²) >= 11 is 0. The molecule has 0 aromatic heterocycles. The van der Waals surface area contributed by atoms with E-state index in [9.17, 15) is 14.4 Å². The van der Waals surface area contributed by atoms with Crippen LogP contribution in [0.2, 0.25) is 0 Å². The number of hydroxylamine groups is 1. The molecule has 2 N–H and O–H groups in total. The lowest BCUT2D eigenvalue weighted by Gasteiger charge is -2.44. The third kappa shape index (κ3) is 2.89. The van der Waals surface area contributed by atoms with E-state index in [1.165, 1.54) is 4.90 Å². The molecule has 1 aliphatic rings. The summed E-state index contributed by atoms with van der Waals surface area (Å²) in [5.41, 5.74) is 1.03. The standard InChI is InChI=1S/C10H17N3O5/c1-10(2)8(16)12(3)4-5-13(10)9(17)11-18-6-7(14)15/h4-6H2,1-3H3,(H,11,17)(H,14,15). The Labute approximate surface area is 104 Å². The number of urea groups is 1. The lowest BCUT2D eigenvalue weighted by Crippen LogP contribution is -2.65. The van der Waals surface area contributed by atoms with E-state index in [4.69, 9.17) is 5.11 Å². The largest absolute Gasteiger partial charge is 0.479 e. The van der Waals surface area contributed by atoms with Gasteiger partial charge >= 0.3 is 12.0 Å². The summed E-state index contributed by atoms with van der Waals surface area (Å²) in [6, 6.07) is -0.622. The Morgan fingerprint density at radius 1 is 1.44 bits per heavy atom. The molecular weight excluding hydrogens is 242 g/mol. The van der Waals surface area contributed by atoms with Crippen molar-refractivity contribution < 1.29 is 24.3 Å². The zero-order valence-electron chi connectivity index (χ0n) is 10.6. The van der Waals surface area contributed by atoms with E-state index in [0.29, 0.717) is 13.1 Å². The molecule has 8 heteroatoms. The number of likely N-dealkylation sites (N-methyl/N-ethyl adjacent to an activating group) is 1. The minimum absolute atomic E-state index is 0.179. The predicted molar refractivity (Wildman–Crippen MR) is 60.5 cm³/mol. The number of nitrogens with zero attached hydrogens (tertiary/aromatic N) is 2. The molecule has 1 saturated heterocycles. The average Bonchev–Trinajstić information content (AvgIpc) is 2.25. The first-order chi connectivity index (χ1) is 8.26. The van der Waals surface area contributed by atoms with Crippen LogP contribution >= 0.6 is 0 Å². The molecule has 3 amide bonds. The molecule has 0 bridgehead atoms. The maximum absolute atomic E-state index is 11.9. The number of rotatable bonds is 3. The van der Waals surface area contributed by atoms with Gasteiger partial charge in [0, 0.05) is 20.1 Å². The molecule has 0 spiro atoms. The van der Waals surface area contributed by atoms with E-state index < -0.39 is 24.1 Å². The molecule has 1 heterocycles. The first-order valence-electron chi connectivity index (χ1n) is 5.43. The van der Waals surface area contributed by atoms with Crippen LogP contribution in [-0.4, -0.2) is 65.1 Å². The lowest BCUT2D eigenvalue weighted by molar-refractivity contribution is -0.147. The van der Waals surface area contributed by atoms with Crippen LogP contribution in [-0.2, 0) is 14.4 Å². The third-order valence-electron chi connectivity index (χ3n) is 2.80. The van der Waals surface area contributed by atoms with Gasteiger partial charge in [0.05, 0.1) is 0 Å². The second-order valence-electron chi connectivity index (χ2n) is 4.53. The lowest BCUT2D eigenvalue weighted by atomic mass is 9.98. The van der Waals surface area contributed by atoms with Gasteiger partial charge in [0.2, 0.25) is 5.91 Å². The number of carbonyl (C=O) groups excluding carboxylic acids is 2. The maximum Gasteiger partial charge on any atom is 0.342 e. The molecule has 0 aromatic carbocycles. The van der Waals surface area contributed by atoms with Gasteiger partial charge in [0.15, 0.2) is 6.61 Å². The molecule has 8 nitrogen and oxygen atoms in total. The normalized spacial score (nSPS) is 18.7. The van der Waals surface area contributed by atoms with Gasteiger partial charge in [-0.3, -0.25) is 9.63 Å². The Morgan fingerprint density at radius 2 is 2.06 bits per heavy atom. The molecule has 0 saturated carbocycles. The second-order valence-corrected chi connectivity index (χ2v) is 4.53. The number of nitrogens with one attached hydrogen (secondary N) is 1. The first-order valence-corrected chi connectivity index (χ1v) is 5.43. The Morgan fingerprint density at radius 3 is 2.61 bits per heavy atom. The van der Waals surface area contributed by atoms with Crippen molar-refractivity contribution >= 4 is 17.9 Å². The average molecular weight is 259 g/mol. The van der Waals surface area contributed by atoms with E-state index in [0.717, 1.165) is 0 Å². The van der Waals surface area contributed by atoms with Crippen molar-refractivity contribution in [3.63, 3.8) is 0 Å². The fourth-order valence-electron chi connectivity index (χ4n) is 1.78. The number of amides is 3. The van der Waals surface area contributed by atoms with Crippen LogP contribution in [0.3, 0.4) is 0 Å². The fraction of sp³-hybridized carbons (Fsp3) is 0.700. The number of carbonyl (C=O) groups is 3. The first kappa shape index (κ1) is 14.2. The van der Waals surface area contributed by atoms with Crippen molar-refractivity contribution in [2.24, 2.45) is 0 Å². The Hall–Kier alpha value is -1.83. The second kappa shape index (κ2) is 5.21. The van der Waals surface area contributed by atoms with Gasteiger partial charge in [-0.1, -0.05) is 0 Å². The topological polar surface area (TPSA) is 99.2 Å². The van der Waals surface area contributed by atoms with Crippen molar-refractivity contribution in [2.45, 2.75) is 19.4 Å². The number of aliphatic carboxylic acids is 1. The summed E-state index contributed by atoms with van der Waals surface area (Å²) in [4.78, 5) is 41.3. The summed E-state index contributed by atoms with van der Waals surface area (Å²) in [6.07, 6.45) is 0. The quantitative estimate of drug-likeness (QED) is 0.651. The van der Waals surface area contributed by atoms with Gasteiger partial charge in [-0.05, 0) is 13.8 Å². The molecule has 1 rings (SSSR count). The number of hydrogen-bond donors (Lipinski definition) is 2. The Kier molecular flexibility index (Phi) is 4.12. The van der Waals surface area contributed by atoms with Gasteiger partial charge in [0.25, 0.3) is 0 Å². The van der Waals surface area contributed by atoms with E-state index in [-0.39, 0.29) is 5.91 Å². The van der Waals surface area contributed by atoms with E-state index in [1.807, 2.05) is 5.48 Å². The van der Waals surface area contributed by atoms with Crippen LogP contribution in [0.15, 0.2) is 0 Å². The molecule has 0 atom stereocenters. The fourth-order valence-corrected chi connectivity index (χ4v) is 1.78. The van der Waals surface area contributed by atoms with Crippen LogP contribution < -0.4 is 5.48 Å². The van der Waals surface area contributed by atoms with Gasteiger partial charge in [-0.25, -0.2) is 15.1 Å². The van der Waals surface area contributed by atoms with Crippen molar-refractivity contribution in [3.05, 3.63) is 0 Å². The Bertz CT molecular complexity index is 369. The monoisotopic (exact) mass is 259 g/mol.